The zero-order chi connectivity index (χ0) is 20.4. The van der Waals surface area contributed by atoms with Crippen molar-refractivity contribution >= 4 is 38.2 Å². The van der Waals surface area contributed by atoms with Crippen molar-refractivity contribution in [2.24, 2.45) is 5.73 Å². The maximum absolute atomic E-state index is 12.4. The van der Waals surface area contributed by atoms with Gasteiger partial charge in [0.05, 0.1) is 12.0 Å². The Balaban J connectivity index is 2.29. The van der Waals surface area contributed by atoms with Gasteiger partial charge in [0.1, 0.15) is 14.9 Å². The van der Waals surface area contributed by atoms with Gasteiger partial charge in [0.25, 0.3) is 21.8 Å². The summed E-state index contributed by atoms with van der Waals surface area (Å²) >= 11 is 0.504. The molecule has 0 unspecified atom stereocenters. The third-order valence-corrected chi connectivity index (χ3v) is 6.68. The number of amides is 2. The standard InChI is InChI=1S/C13H14F3N5O4S2/c1-21(5-3-13(14,15)16)27(24,25)9-6-7(10(17)22)12(26-9)19-11(23)8-2-4-18-20-8/h2,4,6H,3,5H2,1H3,(H2,17,22)(H,18,20)(H,19,23). The summed E-state index contributed by atoms with van der Waals surface area (Å²) in [4.78, 5) is 23.6. The normalized spacial score (nSPS) is 12.3. The van der Waals surface area contributed by atoms with Crippen LogP contribution in [0.1, 0.15) is 27.3 Å². The number of halogens is 3. The van der Waals surface area contributed by atoms with E-state index in [4.69, 9.17) is 5.73 Å². The highest BCUT2D eigenvalue weighted by Crippen LogP contribution is 2.33. The smallest absolute Gasteiger partial charge is 0.366 e. The number of primary amides is 1. The maximum Gasteiger partial charge on any atom is 0.390 e. The molecule has 2 rings (SSSR count). The van der Waals surface area contributed by atoms with Crippen molar-refractivity contribution in [2.45, 2.75) is 16.8 Å². The van der Waals surface area contributed by atoms with Crippen molar-refractivity contribution in [1.29, 1.82) is 0 Å². The van der Waals surface area contributed by atoms with E-state index in [-0.39, 0.29) is 16.3 Å². The molecule has 0 aromatic carbocycles. The fourth-order valence-electron chi connectivity index (χ4n) is 1.88. The summed E-state index contributed by atoms with van der Waals surface area (Å²) in [7, 11) is -3.33. The highest BCUT2D eigenvalue weighted by molar-refractivity contribution is 7.91. The topological polar surface area (TPSA) is 138 Å². The first kappa shape index (κ1) is 20.9. The Labute approximate surface area is 155 Å². The molecule has 2 heterocycles. The number of aromatic amines is 1. The molecule has 0 aliphatic rings. The second-order valence-corrected chi connectivity index (χ2v) is 8.61. The van der Waals surface area contributed by atoms with Crippen LogP contribution < -0.4 is 11.1 Å². The fraction of sp³-hybridized carbons (Fsp3) is 0.308. The van der Waals surface area contributed by atoms with Gasteiger partial charge in [0.2, 0.25) is 0 Å². The van der Waals surface area contributed by atoms with Crippen LogP contribution >= 0.6 is 11.3 Å². The van der Waals surface area contributed by atoms with Crippen molar-refractivity contribution < 1.29 is 31.2 Å². The highest BCUT2D eigenvalue weighted by atomic mass is 32.2. The van der Waals surface area contributed by atoms with Gasteiger partial charge in [-0.05, 0) is 12.1 Å². The molecule has 0 radical (unpaired) electrons. The van der Waals surface area contributed by atoms with Gasteiger partial charge in [-0.2, -0.15) is 22.6 Å². The van der Waals surface area contributed by atoms with Gasteiger partial charge < -0.3 is 11.1 Å². The molecule has 0 fully saturated rings. The van der Waals surface area contributed by atoms with Crippen molar-refractivity contribution in [3.8, 4) is 0 Å². The van der Waals surface area contributed by atoms with Crippen LogP contribution in [0.25, 0.3) is 0 Å². The van der Waals surface area contributed by atoms with E-state index in [0.717, 1.165) is 13.1 Å². The summed E-state index contributed by atoms with van der Waals surface area (Å²) in [6.45, 7) is -0.800. The second-order valence-electron chi connectivity index (χ2n) is 5.29. The Morgan fingerprint density at radius 2 is 2.07 bits per heavy atom. The monoisotopic (exact) mass is 425 g/mol. The molecule has 0 saturated carbocycles. The molecule has 0 atom stereocenters. The van der Waals surface area contributed by atoms with E-state index in [2.05, 4.69) is 15.5 Å². The van der Waals surface area contributed by atoms with Crippen LogP contribution in [0.15, 0.2) is 22.5 Å². The number of anilines is 1. The number of nitrogens with two attached hydrogens (primary N) is 1. The first-order valence-electron chi connectivity index (χ1n) is 7.19. The van der Waals surface area contributed by atoms with Crippen LogP contribution in [0.4, 0.5) is 18.2 Å². The second kappa shape index (κ2) is 7.66. The molecular formula is C13H14F3N5O4S2. The predicted molar refractivity (Wildman–Crippen MR) is 89.9 cm³/mol. The molecule has 0 bridgehead atoms. The lowest BCUT2D eigenvalue weighted by molar-refractivity contribution is -0.135. The number of alkyl halides is 3. The summed E-state index contributed by atoms with van der Waals surface area (Å²) in [6.07, 6.45) is -4.55. The Bertz CT molecular complexity index is 938. The minimum absolute atomic E-state index is 0.0468. The Morgan fingerprint density at radius 3 is 2.59 bits per heavy atom. The number of nitrogens with zero attached hydrogens (tertiary/aromatic N) is 2. The summed E-state index contributed by atoms with van der Waals surface area (Å²) in [5.41, 5.74) is 4.96. The van der Waals surface area contributed by atoms with E-state index in [1.165, 1.54) is 12.3 Å². The maximum atomic E-state index is 12.4. The van der Waals surface area contributed by atoms with Crippen LogP contribution in [-0.2, 0) is 10.0 Å². The first-order valence-corrected chi connectivity index (χ1v) is 9.45. The van der Waals surface area contributed by atoms with Crippen LogP contribution in [0.2, 0.25) is 0 Å². The number of H-pyrrole nitrogens is 1. The number of sulfonamides is 1. The van der Waals surface area contributed by atoms with Gasteiger partial charge in [-0.1, -0.05) is 0 Å². The number of carbonyl (C=O) groups excluding carboxylic acids is 2. The van der Waals surface area contributed by atoms with Gasteiger partial charge >= 0.3 is 6.18 Å². The SMILES string of the molecule is CN(CCC(F)(F)F)S(=O)(=O)c1cc(C(N)=O)c(NC(=O)c2ccn[nH]2)s1. The average molecular weight is 425 g/mol. The van der Waals surface area contributed by atoms with Crippen LogP contribution in [0.5, 0.6) is 0 Å². The number of rotatable bonds is 7. The van der Waals surface area contributed by atoms with Crippen LogP contribution in [0, 0.1) is 0 Å². The Morgan fingerprint density at radius 1 is 1.41 bits per heavy atom. The number of nitrogens with one attached hydrogen (secondary N) is 2. The number of hydrogen-bond acceptors (Lipinski definition) is 6. The van der Waals surface area contributed by atoms with E-state index in [9.17, 15) is 31.2 Å². The van der Waals surface area contributed by atoms with Crippen LogP contribution in [-0.4, -0.2) is 54.5 Å². The number of hydrogen-bond donors (Lipinski definition) is 3. The zero-order valence-electron chi connectivity index (χ0n) is 13.7. The van der Waals surface area contributed by atoms with Crippen molar-refractivity contribution in [3.05, 3.63) is 29.6 Å². The number of aromatic nitrogens is 2. The summed E-state index contributed by atoms with van der Waals surface area (Å²) in [5.74, 6) is -1.71. The molecule has 4 N–H and O–H groups in total. The predicted octanol–water partition coefficient (Wildman–Crippen LogP) is 1.40. The fourth-order valence-corrected chi connectivity index (χ4v) is 4.63. The molecule has 2 aromatic rings. The van der Waals surface area contributed by atoms with Gasteiger partial charge in [-0.25, -0.2) is 8.42 Å². The molecule has 0 aliphatic carbocycles. The molecule has 148 valence electrons. The molecular weight excluding hydrogens is 411 g/mol. The van der Waals surface area contributed by atoms with E-state index >= 15 is 0 Å². The van der Waals surface area contributed by atoms with Crippen molar-refractivity contribution in [2.75, 3.05) is 18.9 Å². The third kappa shape index (κ3) is 5.05. The van der Waals surface area contributed by atoms with Gasteiger partial charge in [-0.3, -0.25) is 14.7 Å². The zero-order valence-corrected chi connectivity index (χ0v) is 15.3. The largest absolute Gasteiger partial charge is 0.390 e. The summed E-state index contributed by atoms with van der Waals surface area (Å²) < 4.78 is 61.9. The summed E-state index contributed by atoms with van der Waals surface area (Å²) in [5, 5.41) is 8.15. The quantitative estimate of drug-likeness (QED) is 0.615. The molecule has 2 amide bonds. The van der Waals surface area contributed by atoms with E-state index in [0.29, 0.717) is 15.6 Å². The molecule has 9 nitrogen and oxygen atoms in total. The minimum Gasteiger partial charge on any atom is -0.366 e. The molecule has 0 saturated heterocycles. The lowest BCUT2D eigenvalue weighted by atomic mass is 10.3. The van der Waals surface area contributed by atoms with Crippen LogP contribution in [0.3, 0.4) is 0 Å². The lowest BCUT2D eigenvalue weighted by Crippen LogP contribution is -2.30. The Kier molecular flexibility index (Phi) is 5.91. The molecule has 0 spiro atoms. The minimum atomic E-state index is -4.53. The first-order chi connectivity index (χ1) is 12.4. The lowest BCUT2D eigenvalue weighted by Gasteiger charge is -2.16. The van der Waals surface area contributed by atoms with Crippen molar-refractivity contribution in [3.63, 3.8) is 0 Å². The van der Waals surface area contributed by atoms with E-state index in [1.807, 2.05) is 0 Å². The van der Waals surface area contributed by atoms with E-state index < -0.39 is 45.2 Å². The Hall–Kier alpha value is -2.45. The summed E-state index contributed by atoms with van der Waals surface area (Å²) in [6, 6.07) is 2.25. The van der Waals surface area contributed by atoms with Gasteiger partial charge in [0.15, 0.2) is 0 Å². The van der Waals surface area contributed by atoms with E-state index in [1.54, 1.807) is 0 Å². The highest BCUT2D eigenvalue weighted by Gasteiger charge is 2.32. The third-order valence-electron chi connectivity index (χ3n) is 3.32. The molecule has 2 aromatic heterocycles. The molecule has 0 aliphatic heterocycles. The number of thiophene rings is 1. The van der Waals surface area contributed by atoms with Gasteiger partial charge in [0, 0.05) is 19.8 Å². The van der Waals surface area contributed by atoms with Crippen molar-refractivity contribution in [1.82, 2.24) is 14.5 Å². The molecule has 27 heavy (non-hydrogen) atoms. The average Bonchev–Trinajstić information content (AvgIpc) is 3.21. The molecule has 14 heteroatoms. The van der Waals surface area contributed by atoms with Gasteiger partial charge in [-0.15, -0.1) is 11.3 Å². The number of carbonyl (C=O) groups is 2.